The van der Waals surface area contributed by atoms with Crippen molar-refractivity contribution in [2.75, 3.05) is 27.3 Å². The third kappa shape index (κ3) is 5.20. The van der Waals surface area contributed by atoms with Gasteiger partial charge in [-0.15, -0.1) is 0 Å². The summed E-state index contributed by atoms with van der Waals surface area (Å²) in [7, 11) is 3.58. The highest BCUT2D eigenvalue weighted by Gasteiger charge is 2.38. The Kier molecular flexibility index (Phi) is 8.03. The third-order valence-electron chi connectivity index (χ3n) is 4.19. The van der Waals surface area contributed by atoms with Crippen LogP contribution in [0.3, 0.4) is 0 Å². The summed E-state index contributed by atoms with van der Waals surface area (Å²) in [6, 6.07) is 0. The molecule has 0 saturated heterocycles. The molecule has 132 valence electrons. The van der Waals surface area contributed by atoms with Gasteiger partial charge in [-0.1, -0.05) is 32.9 Å². The molecule has 0 radical (unpaired) electrons. The second-order valence-corrected chi connectivity index (χ2v) is 6.15. The fourth-order valence-corrected chi connectivity index (χ4v) is 3.00. The predicted molar refractivity (Wildman–Crippen MR) is 95.3 cm³/mol. The molecule has 0 aliphatic heterocycles. The molecular formula is C19H33NO3. The number of nitrogens with one attached hydrogen (secondary N) is 1. The molecule has 0 bridgehead atoms. The van der Waals surface area contributed by atoms with E-state index < -0.39 is 5.60 Å². The normalized spacial score (nSPS) is 27.6. The quantitative estimate of drug-likeness (QED) is 0.788. The number of aliphatic hydroxyl groups is 1. The van der Waals surface area contributed by atoms with Gasteiger partial charge in [-0.05, 0) is 44.4 Å². The lowest BCUT2D eigenvalue weighted by molar-refractivity contribution is 0.0336. The highest BCUT2D eigenvalue weighted by molar-refractivity contribution is 5.49. The maximum atomic E-state index is 10.6. The van der Waals surface area contributed by atoms with E-state index in [0.717, 1.165) is 30.7 Å². The molecule has 2 rings (SSSR count). The lowest BCUT2D eigenvalue weighted by Gasteiger charge is -2.23. The predicted octanol–water partition coefficient (Wildman–Crippen LogP) is 3.19. The topological polar surface area (TPSA) is 50.7 Å². The van der Waals surface area contributed by atoms with E-state index in [9.17, 15) is 5.11 Å². The Balaban J connectivity index is 0.00000127. The summed E-state index contributed by atoms with van der Waals surface area (Å²) >= 11 is 0. The minimum Gasteiger partial charge on any atom is -0.490 e. The van der Waals surface area contributed by atoms with Crippen molar-refractivity contribution in [2.24, 2.45) is 5.92 Å². The molecule has 0 spiro atoms. The summed E-state index contributed by atoms with van der Waals surface area (Å²) < 4.78 is 11.4. The zero-order valence-electron chi connectivity index (χ0n) is 15.5. The number of methoxy groups -OCH3 is 1. The Bertz CT molecular complexity index is 463. The average molecular weight is 323 g/mol. The van der Waals surface area contributed by atoms with Gasteiger partial charge in [0, 0.05) is 19.2 Å². The summed E-state index contributed by atoms with van der Waals surface area (Å²) in [5, 5.41) is 13.7. The summed E-state index contributed by atoms with van der Waals surface area (Å²) in [5.41, 5.74) is 1.36. The summed E-state index contributed by atoms with van der Waals surface area (Å²) in [6.07, 6.45) is 8.00. The van der Waals surface area contributed by atoms with Crippen molar-refractivity contribution in [1.82, 2.24) is 5.32 Å². The van der Waals surface area contributed by atoms with Crippen molar-refractivity contribution >= 4 is 0 Å². The molecule has 0 heterocycles. The first-order chi connectivity index (χ1) is 11.0. The van der Waals surface area contributed by atoms with Crippen LogP contribution in [-0.4, -0.2) is 44.1 Å². The molecule has 0 aromatic carbocycles. The van der Waals surface area contributed by atoms with Crippen LogP contribution in [0, 0.1) is 5.92 Å². The zero-order valence-corrected chi connectivity index (χ0v) is 15.5. The minimum absolute atomic E-state index is 0.00374. The van der Waals surface area contributed by atoms with E-state index in [-0.39, 0.29) is 6.10 Å². The number of hydrogen-bond donors (Lipinski definition) is 2. The lowest BCUT2D eigenvalue weighted by atomic mass is 9.96. The fourth-order valence-electron chi connectivity index (χ4n) is 3.00. The summed E-state index contributed by atoms with van der Waals surface area (Å²) in [6.45, 7) is 9.23. The van der Waals surface area contributed by atoms with Gasteiger partial charge in [0.15, 0.2) is 0 Å². The van der Waals surface area contributed by atoms with Crippen LogP contribution in [0.1, 0.15) is 40.5 Å². The van der Waals surface area contributed by atoms with Crippen molar-refractivity contribution in [2.45, 2.75) is 52.2 Å². The molecule has 2 aliphatic rings. The van der Waals surface area contributed by atoms with E-state index in [1.165, 1.54) is 5.57 Å². The van der Waals surface area contributed by atoms with Crippen molar-refractivity contribution in [3.63, 3.8) is 0 Å². The van der Waals surface area contributed by atoms with E-state index in [1.54, 1.807) is 7.11 Å². The van der Waals surface area contributed by atoms with Crippen molar-refractivity contribution in [3.05, 3.63) is 35.1 Å². The van der Waals surface area contributed by atoms with E-state index >= 15 is 0 Å². The van der Waals surface area contributed by atoms with Gasteiger partial charge in [-0.3, -0.25) is 0 Å². The van der Waals surface area contributed by atoms with Gasteiger partial charge in [0.25, 0.3) is 0 Å². The number of ether oxygens (including phenoxy) is 2. The number of fused-ring (bicyclic) bond motifs is 1. The molecule has 4 heteroatoms. The van der Waals surface area contributed by atoms with Gasteiger partial charge in [0.05, 0.1) is 5.60 Å². The molecule has 1 saturated carbocycles. The van der Waals surface area contributed by atoms with Gasteiger partial charge in [0.1, 0.15) is 18.5 Å². The Hall–Kier alpha value is -1.10. The summed E-state index contributed by atoms with van der Waals surface area (Å²) in [5.74, 6) is 1.15. The molecule has 0 aromatic heterocycles. The first-order valence-electron chi connectivity index (χ1n) is 8.64. The molecule has 3 unspecified atom stereocenters. The Labute approximate surface area is 141 Å². The molecular weight excluding hydrogens is 290 g/mol. The number of rotatable bonds is 6. The summed E-state index contributed by atoms with van der Waals surface area (Å²) in [4.78, 5) is 0. The largest absolute Gasteiger partial charge is 0.490 e. The molecule has 2 aliphatic carbocycles. The molecule has 23 heavy (non-hydrogen) atoms. The first-order valence-corrected chi connectivity index (χ1v) is 8.64. The van der Waals surface area contributed by atoms with Gasteiger partial charge in [-0.2, -0.15) is 0 Å². The highest BCUT2D eigenvalue weighted by atomic mass is 16.5. The van der Waals surface area contributed by atoms with Crippen LogP contribution in [0.25, 0.3) is 0 Å². The van der Waals surface area contributed by atoms with E-state index in [4.69, 9.17) is 9.47 Å². The second-order valence-electron chi connectivity index (χ2n) is 6.15. The Morgan fingerprint density at radius 1 is 1.43 bits per heavy atom. The minimum atomic E-state index is -0.804. The second kappa shape index (κ2) is 9.26. The molecule has 0 amide bonds. The van der Waals surface area contributed by atoms with Gasteiger partial charge in [-0.25, -0.2) is 0 Å². The maximum absolute atomic E-state index is 10.6. The fraction of sp³-hybridized carbons (Fsp3) is 0.684. The van der Waals surface area contributed by atoms with Crippen LogP contribution in [0.15, 0.2) is 35.1 Å². The van der Waals surface area contributed by atoms with Gasteiger partial charge in [0.2, 0.25) is 0 Å². The Morgan fingerprint density at radius 3 is 2.74 bits per heavy atom. The van der Waals surface area contributed by atoms with E-state index in [0.29, 0.717) is 12.5 Å². The lowest BCUT2D eigenvalue weighted by Crippen LogP contribution is -2.30. The van der Waals surface area contributed by atoms with Gasteiger partial charge < -0.3 is 19.9 Å². The van der Waals surface area contributed by atoms with Crippen LogP contribution < -0.4 is 5.32 Å². The standard InChI is InChI=1S/C17H27NO3.C2H6/c1-12-5-6-15(21-11-14(20-4)10-18-3)16-13(9-12)7-8-17(16,2)19;1-2/h5-6,9,12,14,18-19H,7-8,10-11H2,1-4H3;1-2H3. The molecule has 1 fully saturated rings. The molecule has 0 aromatic rings. The van der Waals surface area contributed by atoms with Crippen LogP contribution in [-0.2, 0) is 9.47 Å². The SMILES string of the molecule is CC.CNCC(COC1=C2C(=CC(C)C=C1)CCC2(C)O)OC. The van der Waals surface area contributed by atoms with Crippen LogP contribution in [0.5, 0.6) is 0 Å². The molecule has 2 N–H and O–H groups in total. The number of hydrogen-bond acceptors (Lipinski definition) is 4. The molecule has 3 atom stereocenters. The molecule has 4 nitrogen and oxygen atoms in total. The maximum Gasteiger partial charge on any atom is 0.125 e. The van der Waals surface area contributed by atoms with Crippen LogP contribution in [0.2, 0.25) is 0 Å². The monoisotopic (exact) mass is 323 g/mol. The van der Waals surface area contributed by atoms with E-state index in [1.807, 2.05) is 33.9 Å². The van der Waals surface area contributed by atoms with Crippen molar-refractivity contribution in [1.29, 1.82) is 0 Å². The zero-order chi connectivity index (χ0) is 17.5. The van der Waals surface area contributed by atoms with Crippen LogP contribution >= 0.6 is 0 Å². The number of likely N-dealkylation sites (N-methyl/N-ethyl adjacent to an activating group) is 1. The van der Waals surface area contributed by atoms with Crippen molar-refractivity contribution in [3.8, 4) is 0 Å². The first kappa shape index (κ1) is 19.9. The smallest absolute Gasteiger partial charge is 0.125 e. The van der Waals surface area contributed by atoms with Crippen LogP contribution in [0.4, 0.5) is 0 Å². The van der Waals surface area contributed by atoms with E-state index in [2.05, 4.69) is 24.4 Å². The van der Waals surface area contributed by atoms with Gasteiger partial charge >= 0.3 is 0 Å². The number of allylic oxidation sites excluding steroid dienone is 3. The third-order valence-corrected chi connectivity index (χ3v) is 4.19. The average Bonchev–Trinajstić information content (AvgIpc) is 2.72. The highest BCUT2D eigenvalue weighted by Crippen LogP contribution is 2.43. The van der Waals surface area contributed by atoms with Crippen molar-refractivity contribution < 1.29 is 14.6 Å². The Morgan fingerprint density at radius 2 is 2.13 bits per heavy atom.